The standard InChI is InChI=1S/C22H21ClFN5O3/c1-13-25-8-9-29(13)17-6-7-19(18(24)10-17)27-20(31)22(11-14(22)12-30)28-21(32)26-16-4-2-15(23)3-5-16/h2-10,14,30H,11-12H2,1H3,(H,27,31)(H2,26,28,32)/t14-,22+/m1/s1. The highest BCUT2D eigenvalue weighted by Gasteiger charge is 2.61. The minimum atomic E-state index is -1.34. The molecule has 4 rings (SSSR count). The number of hydrogen-bond donors (Lipinski definition) is 4. The Hall–Kier alpha value is -3.43. The van der Waals surface area contributed by atoms with Crippen LogP contribution < -0.4 is 16.0 Å². The van der Waals surface area contributed by atoms with Gasteiger partial charge in [0.2, 0.25) is 0 Å². The fraction of sp³-hybridized carbons (Fsp3) is 0.227. The maximum absolute atomic E-state index is 14.7. The number of aryl methyl sites for hydroxylation is 1. The van der Waals surface area contributed by atoms with Gasteiger partial charge in [-0.15, -0.1) is 0 Å². The number of nitrogens with one attached hydrogen (secondary N) is 3. The van der Waals surface area contributed by atoms with Gasteiger partial charge in [-0.3, -0.25) is 4.79 Å². The molecule has 1 aromatic heterocycles. The number of aliphatic hydroxyl groups is 1. The second kappa shape index (κ2) is 8.60. The number of carbonyl (C=O) groups is 2. The zero-order valence-electron chi connectivity index (χ0n) is 17.1. The van der Waals surface area contributed by atoms with Crippen molar-refractivity contribution in [3.05, 3.63) is 71.5 Å². The molecular weight excluding hydrogens is 437 g/mol. The lowest BCUT2D eigenvalue weighted by Crippen LogP contribution is -2.49. The Kier molecular flexibility index (Phi) is 5.86. The quantitative estimate of drug-likeness (QED) is 0.454. The summed E-state index contributed by atoms with van der Waals surface area (Å²) in [5.74, 6) is -1.02. The number of benzene rings is 2. The van der Waals surface area contributed by atoms with E-state index in [0.29, 0.717) is 22.2 Å². The number of carbonyl (C=O) groups excluding carboxylic acids is 2. The van der Waals surface area contributed by atoms with Gasteiger partial charge in [-0.05, 0) is 49.7 Å². The molecule has 1 aliphatic carbocycles. The fourth-order valence-corrected chi connectivity index (χ4v) is 3.70. The minimum Gasteiger partial charge on any atom is -0.396 e. The summed E-state index contributed by atoms with van der Waals surface area (Å²) >= 11 is 5.84. The highest BCUT2D eigenvalue weighted by atomic mass is 35.5. The van der Waals surface area contributed by atoms with E-state index in [9.17, 15) is 19.1 Å². The average molecular weight is 458 g/mol. The van der Waals surface area contributed by atoms with Crippen LogP contribution in [0.4, 0.5) is 20.6 Å². The molecule has 2 atom stereocenters. The summed E-state index contributed by atoms with van der Waals surface area (Å²) in [6.07, 6.45) is 3.55. The summed E-state index contributed by atoms with van der Waals surface area (Å²) in [5.41, 5.74) is -0.318. The zero-order valence-corrected chi connectivity index (χ0v) is 17.9. The van der Waals surface area contributed by atoms with Gasteiger partial charge in [0.25, 0.3) is 5.91 Å². The van der Waals surface area contributed by atoms with Gasteiger partial charge in [0.1, 0.15) is 17.2 Å². The van der Waals surface area contributed by atoms with Crippen LogP contribution in [0.2, 0.25) is 5.02 Å². The molecule has 3 amide bonds. The largest absolute Gasteiger partial charge is 0.396 e. The summed E-state index contributed by atoms with van der Waals surface area (Å²) in [4.78, 5) is 29.5. The Labute approximate surface area is 188 Å². The van der Waals surface area contributed by atoms with Crippen molar-refractivity contribution in [3.63, 3.8) is 0 Å². The van der Waals surface area contributed by atoms with E-state index in [4.69, 9.17) is 11.6 Å². The lowest BCUT2D eigenvalue weighted by molar-refractivity contribution is -0.119. The second-order valence-electron chi connectivity index (χ2n) is 7.60. The van der Waals surface area contributed by atoms with Crippen molar-refractivity contribution in [2.45, 2.75) is 18.9 Å². The highest BCUT2D eigenvalue weighted by Crippen LogP contribution is 2.44. The van der Waals surface area contributed by atoms with Crippen LogP contribution in [0.25, 0.3) is 5.69 Å². The summed E-state index contributed by atoms with van der Waals surface area (Å²) in [5, 5.41) is 17.9. The Balaban J connectivity index is 1.47. The van der Waals surface area contributed by atoms with E-state index in [-0.39, 0.29) is 18.7 Å². The first-order chi connectivity index (χ1) is 15.3. The second-order valence-corrected chi connectivity index (χ2v) is 8.04. The maximum atomic E-state index is 14.7. The van der Waals surface area contributed by atoms with Gasteiger partial charge in [0, 0.05) is 47.4 Å². The number of hydrogen-bond acceptors (Lipinski definition) is 4. The minimum absolute atomic E-state index is 0.0283. The van der Waals surface area contributed by atoms with Crippen LogP contribution in [-0.2, 0) is 4.79 Å². The lowest BCUT2D eigenvalue weighted by Gasteiger charge is -2.20. The molecule has 0 spiro atoms. The summed E-state index contributed by atoms with van der Waals surface area (Å²) in [7, 11) is 0. The number of halogens is 2. The molecule has 0 saturated heterocycles. The van der Waals surface area contributed by atoms with Crippen molar-refractivity contribution < 1.29 is 19.1 Å². The third kappa shape index (κ3) is 4.30. The van der Waals surface area contributed by atoms with Crippen LogP contribution in [0.5, 0.6) is 0 Å². The monoisotopic (exact) mass is 457 g/mol. The first-order valence-corrected chi connectivity index (χ1v) is 10.3. The van der Waals surface area contributed by atoms with E-state index >= 15 is 0 Å². The normalized spacial score (nSPS) is 19.3. The number of imidazole rings is 1. The predicted molar refractivity (Wildman–Crippen MR) is 118 cm³/mol. The molecule has 0 radical (unpaired) electrons. The molecular formula is C22H21ClFN5O3. The van der Waals surface area contributed by atoms with Crippen LogP contribution in [0.1, 0.15) is 12.2 Å². The van der Waals surface area contributed by atoms with Crippen molar-refractivity contribution in [1.82, 2.24) is 14.9 Å². The Morgan fingerprint density at radius 2 is 2.00 bits per heavy atom. The van der Waals surface area contributed by atoms with Gasteiger partial charge >= 0.3 is 6.03 Å². The van der Waals surface area contributed by atoms with Gasteiger partial charge in [-0.2, -0.15) is 0 Å². The molecule has 1 fully saturated rings. The van der Waals surface area contributed by atoms with Crippen LogP contribution in [-0.4, -0.2) is 38.7 Å². The van der Waals surface area contributed by atoms with Crippen molar-refractivity contribution in [2.75, 3.05) is 17.2 Å². The Morgan fingerprint density at radius 3 is 2.59 bits per heavy atom. The highest BCUT2D eigenvalue weighted by molar-refractivity contribution is 6.30. The molecule has 0 bridgehead atoms. The molecule has 0 unspecified atom stereocenters. The average Bonchev–Trinajstić information content (AvgIpc) is 3.31. The fourth-order valence-electron chi connectivity index (χ4n) is 3.58. The van der Waals surface area contributed by atoms with E-state index in [2.05, 4.69) is 20.9 Å². The van der Waals surface area contributed by atoms with Gasteiger partial charge < -0.3 is 25.6 Å². The van der Waals surface area contributed by atoms with Gasteiger partial charge in [-0.1, -0.05) is 11.6 Å². The van der Waals surface area contributed by atoms with Crippen molar-refractivity contribution >= 4 is 34.9 Å². The Morgan fingerprint density at radius 1 is 1.25 bits per heavy atom. The molecule has 32 heavy (non-hydrogen) atoms. The van der Waals surface area contributed by atoms with E-state index in [1.807, 2.05) is 0 Å². The van der Waals surface area contributed by atoms with Crippen LogP contribution in [0.15, 0.2) is 54.9 Å². The number of urea groups is 1. The summed E-state index contributed by atoms with van der Waals surface area (Å²) in [6.45, 7) is 1.50. The van der Waals surface area contributed by atoms with Crippen LogP contribution in [0, 0.1) is 18.7 Å². The Bertz CT molecular complexity index is 1170. The molecule has 1 aliphatic rings. The van der Waals surface area contributed by atoms with E-state index in [1.54, 1.807) is 54.2 Å². The van der Waals surface area contributed by atoms with Gasteiger partial charge in [-0.25, -0.2) is 14.2 Å². The molecule has 3 aromatic rings. The number of amides is 3. The van der Waals surface area contributed by atoms with Crippen LogP contribution >= 0.6 is 11.6 Å². The van der Waals surface area contributed by atoms with Crippen molar-refractivity contribution in [1.29, 1.82) is 0 Å². The maximum Gasteiger partial charge on any atom is 0.320 e. The number of rotatable bonds is 6. The number of aliphatic hydroxyl groups excluding tert-OH is 1. The molecule has 4 N–H and O–H groups in total. The molecule has 1 heterocycles. The van der Waals surface area contributed by atoms with Crippen molar-refractivity contribution in [2.24, 2.45) is 5.92 Å². The molecule has 1 saturated carbocycles. The third-order valence-corrected chi connectivity index (χ3v) is 5.73. The topological polar surface area (TPSA) is 108 Å². The molecule has 10 heteroatoms. The zero-order chi connectivity index (χ0) is 22.9. The SMILES string of the molecule is Cc1nccn1-c1ccc(NC(=O)[C@]2(NC(=O)Nc3ccc(Cl)cc3)C[C@@H]2CO)c(F)c1. The van der Waals surface area contributed by atoms with Gasteiger partial charge in [0.15, 0.2) is 0 Å². The van der Waals surface area contributed by atoms with E-state index in [0.717, 1.165) is 0 Å². The summed E-state index contributed by atoms with van der Waals surface area (Å²) < 4.78 is 16.4. The molecule has 0 aliphatic heterocycles. The van der Waals surface area contributed by atoms with E-state index in [1.165, 1.54) is 12.1 Å². The third-order valence-electron chi connectivity index (χ3n) is 5.47. The molecule has 2 aromatic carbocycles. The number of aromatic nitrogens is 2. The first-order valence-electron chi connectivity index (χ1n) is 9.89. The molecule has 166 valence electrons. The van der Waals surface area contributed by atoms with Crippen LogP contribution in [0.3, 0.4) is 0 Å². The van der Waals surface area contributed by atoms with E-state index < -0.39 is 29.2 Å². The first kappa shape index (κ1) is 21.8. The summed E-state index contributed by atoms with van der Waals surface area (Å²) in [6, 6.07) is 10.2. The number of anilines is 2. The lowest BCUT2D eigenvalue weighted by atomic mass is 10.1. The number of nitrogens with zero attached hydrogens (tertiary/aromatic N) is 2. The molecule has 8 nitrogen and oxygen atoms in total. The predicted octanol–water partition coefficient (Wildman–Crippen LogP) is 3.48. The van der Waals surface area contributed by atoms with Gasteiger partial charge in [0.05, 0.1) is 5.69 Å². The van der Waals surface area contributed by atoms with Crippen molar-refractivity contribution in [3.8, 4) is 5.69 Å². The smallest absolute Gasteiger partial charge is 0.320 e.